The number of halogens is 1. The van der Waals surface area contributed by atoms with Crippen LogP contribution in [0.2, 0.25) is 5.02 Å². The van der Waals surface area contributed by atoms with Crippen LogP contribution in [0, 0.1) is 11.8 Å². The second-order valence-electron chi connectivity index (χ2n) is 7.78. The second kappa shape index (κ2) is 8.22. The topological polar surface area (TPSA) is 108 Å². The number of nitrogens with zero attached hydrogens (tertiary/aromatic N) is 7. The van der Waals surface area contributed by atoms with Crippen molar-refractivity contribution in [3.8, 4) is 11.8 Å². The molecule has 3 aromatic heterocycles. The smallest absolute Gasteiger partial charge is 0.246 e. The minimum atomic E-state index is -0.0985. The first kappa shape index (κ1) is 21.0. The third-order valence-electron chi connectivity index (χ3n) is 5.88. The van der Waals surface area contributed by atoms with Crippen LogP contribution < -0.4 is 5.73 Å². The highest BCUT2D eigenvalue weighted by atomic mass is 35.5. The van der Waals surface area contributed by atoms with Crippen molar-refractivity contribution in [2.75, 3.05) is 18.8 Å². The van der Waals surface area contributed by atoms with Crippen molar-refractivity contribution < 1.29 is 4.79 Å². The second-order valence-corrected chi connectivity index (χ2v) is 8.19. The molecule has 1 aliphatic heterocycles. The summed E-state index contributed by atoms with van der Waals surface area (Å²) in [6, 6.07) is 3.69. The number of aromatic nitrogens is 6. The zero-order valence-corrected chi connectivity index (χ0v) is 18.7. The van der Waals surface area contributed by atoms with E-state index in [2.05, 4.69) is 33.4 Å². The Balaban J connectivity index is 1.56. The summed E-state index contributed by atoms with van der Waals surface area (Å²) in [5.41, 5.74) is 9.65. The van der Waals surface area contributed by atoms with E-state index in [1.54, 1.807) is 15.9 Å². The Morgan fingerprint density at radius 2 is 2.18 bits per heavy atom. The average Bonchev–Trinajstić information content (AvgIpc) is 3.54. The number of benzene rings is 1. The van der Waals surface area contributed by atoms with Gasteiger partial charge < -0.3 is 15.2 Å². The zero-order valence-electron chi connectivity index (χ0n) is 18.0. The fourth-order valence-corrected chi connectivity index (χ4v) is 4.37. The van der Waals surface area contributed by atoms with Crippen LogP contribution in [0.4, 0.5) is 5.82 Å². The SMILES string of the molecule is C=CC(=O)N1CC[C@H](n2nc(C#Cc3cc4ncn(CC)c4cc3Cl)c3c(N)ncnc32)C1. The maximum atomic E-state index is 12.0. The van der Waals surface area contributed by atoms with Crippen molar-refractivity contribution in [2.45, 2.75) is 25.9 Å². The van der Waals surface area contributed by atoms with Crippen molar-refractivity contribution in [1.82, 2.24) is 34.2 Å². The summed E-state index contributed by atoms with van der Waals surface area (Å²) in [4.78, 5) is 26.7. The van der Waals surface area contributed by atoms with Gasteiger partial charge >= 0.3 is 0 Å². The number of amides is 1. The third-order valence-corrected chi connectivity index (χ3v) is 6.19. The quantitative estimate of drug-likeness (QED) is 0.372. The van der Waals surface area contributed by atoms with E-state index in [9.17, 15) is 4.79 Å². The standard InChI is InChI=1S/C23H21ClN8O/c1-3-20(33)31-8-7-15(11-31)32-23-21(22(25)26-12-27-23)17(29-32)6-5-14-9-18-19(10-16(14)24)30(4-2)13-28-18/h3,9-10,12-13,15H,1,4,7-8,11H2,2H3,(H2,25,26,27)/t15-/m0/s1. The molecule has 1 aliphatic rings. The molecular weight excluding hydrogens is 440 g/mol. The summed E-state index contributed by atoms with van der Waals surface area (Å²) in [6.07, 6.45) is 5.26. The minimum absolute atomic E-state index is 0.0424. The van der Waals surface area contributed by atoms with Gasteiger partial charge in [0, 0.05) is 25.2 Å². The lowest BCUT2D eigenvalue weighted by molar-refractivity contribution is -0.125. The van der Waals surface area contributed by atoms with E-state index in [-0.39, 0.29) is 11.9 Å². The predicted molar refractivity (Wildman–Crippen MR) is 127 cm³/mol. The van der Waals surface area contributed by atoms with Gasteiger partial charge in [-0.2, -0.15) is 5.10 Å². The normalized spacial score (nSPS) is 15.7. The number of hydrogen-bond donors (Lipinski definition) is 1. The maximum Gasteiger partial charge on any atom is 0.246 e. The molecule has 4 aromatic rings. The third kappa shape index (κ3) is 3.58. The van der Waals surface area contributed by atoms with E-state index in [4.69, 9.17) is 22.4 Å². The van der Waals surface area contributed by atoms with Crippen molar-refractivity contribution >= 4 is 45.4 Å². The number of nitrogens with two attached hydrogens (primary N) is 1. The molecule has 0 saturated carbocycles. The number of hydrogen-bond acceptors (Lipinski definition) is 6. The van der Waals surface area contributed by atoms with Gasteiger partial charge in [0.25, 0.3) is 0 Å². The van der Waals surface area contributed by atoms with Gasteiger partial charge in [0.2, 0.25) is 5.91 Å². The summed E-state index contributed by atoms with van der Waals surface area (Å²) in [5, 5.41) is 5.83. The Kier molecular flexibility index (Phi) is 5.23. The van der Waals surface area contributed by atoms with Crippen LogP contribution in [0.1, 0.15) is 30.6 Å². The molecule has 0 radical (unpaired) electrons. The van der Waals surface area contributed by atoms with Gasteiger partial charge in [-0.05, 0) is 37.5 Å². The molecule has 10 heteroatoms. The number of fused-ring (bicyclic) bond motifs is 2. The first-order valence-corrected chi connectivity index (χ1v) is 10.9. The summed E-state index contributed by atoms with van der Waals surface area (Å²) < 4.78 is 3.81. The van der Waals surface area contributed by atoms with E-state index < -0.39 is 0 Å². The Morgan fingerprint density at radius 1 is 1.33 bits per heavy atom. The van der Waals surface area contributed by atoms with Gasteiger partial charge in [-0.25, -0.2) is 19.6 Å². The Morgan fingerprint density at radius 3 is 2.97 bits per heavy atom. The molecule has 1 atom stereocenters. The van der Waals surface area contributed by atoms with Crippen molar-refractivity contribution in [3.63, 3.8) is 0 Å². The first-order chi connectivity index (χ1) is 16.0. The van der Waals surface area contributed by atoms with Crippen LogP contribution in [0.5, 0.6) is 0 Å². The molecule has 1 saturated heterocycles. The largest absolute Gasteiger partial charge is 0.383 e. The van der Waals surface area contributed by atoms with Crippen LogP contribution in [0.15, 0.2) is 37.4 Å². The molecule has 0 spiro atoms. The van der Waals surface area contributed by atoms with Gasteiger partial charge in [0.15, 0.2) is 5.65 Å². The highest BCUT2D eigenvalue weighted by molar-refractivity contribution is 6.32. The number of imidazole rings is 1. The number of likely N-dealkylation sites (tertiary alicyclic amines) is 1. The van der Waals surface area contributed by atoms with E-state index in [1.807, 2.05) is 23.6 Å². The molecule has 2 N–H and O–H groups in total. The molecule has 1 fully saturated rings. The molecular formula is C23H21ClN8O. The summed E-state index contributed by atoms with van der Waals surface area (Å²) in [6.45, 7) is 7.56. The summed E-state index contributed by atoms with van der Waals surface area (Å²) in [5.74, 6) is 6.42. The van der Waals surface area contributed by atoms with E-state index in [1.165, 1.54) is 12.4 Å². The molecule has 33 heavy (non-hydrogen) atoms. The Hall–Kier alpha value is -3.90. The van der Waals surface area contributed by atoms with Crippen molar-refractivity contribution in [2.24, 2.45) is 0 Å². The Labute approximate surface area is 194 Å². The average molecular weight is 461 g/mol. The van der Waals surface area contributed by atoms with Gasteiger partial charge in [0.05, 0.1) is 33.8 Å². The molecule has 166 valence electrons. The fourth-order valence-electron chi connectivity index (χ4n) is 4.16. The Bertz CT molecular complexity index is 1470. The van der Waals surface area contributed by atoms with Crippen LogP contribution in [-0.2, 0) is 11.3 Å². The molecule has 4 heterocycles. The molecule has 0 aliphatic carbocycles. The minimum Gasteiger partial charge on any atom is -0.383 e. The molecule has 1 amide bonds. The number of aryl methyl sites for hydroxylation is 1. The van der Waals surface area contributed by atoms with Crippen LogP contribution in [0.3, 0.4) is 0 Å². The summed E-state index contributed by atoms with van der Waals surface area (Å²) in [7, 11) is 0. The summed E-state index contributed by atoms with van der Waals surface area (Å²) >= 11 is 6.51. The number of nitrogen functional groups attached to an aromatic ring is 1. The lowest BCUT2D eigenvalue weighted by Crippen LogP contribution is -2.27. The van der Waals surface area contributed by atoms with Gasteiger partial charge in [-0.3, -0.25) is 4.79 Å². The van der Waals surface area contributed by atoms with E-state index in [0.717, 1.165) is 24.0 Å². The van der Waals surface area contributed by atoms with E-state index >= 15 is 0 Å². The highest BCUT2D eigenvalue weighted by Gasteiger charge is 2.29. The number of carbonyl (C=O) groups excluding carboxylic acids is 1. The highest BCUT2D eigenvalue weighted by Crippen LogP contribution is 2.29. The lowest BCUT2D eigenvalue weighted by atomic mass is 10.2. The van der Waals surface area contributed by atoms with Crippen LogP contribution in [0.25, 0.3) is 22.1 Å². The van der Waals surface area contributed by atoms with E-state index in [0.29, 0.717) is 46.2 Å². The predicted octanol–water partition coefficient (Wildman–Crippen LogP) is 2.79. The van der Waals surface area contributed by atoms with Crippen LogP contribution >= 0.6 is 11.6 Å². The first-order valence-electron chi connectivity index (χ1n) is 10.6. The molecule has 0 bridgehead atoms. The maximum absolute atomic E-state index is 12.0. The molecule has 9 nitrogen and oxygen atoms in total. The monoisotopic (exact) mass is 460 g/mol. The van der Waals surface area contributed by atoms with Crippen molar-refractivity contribution in [3.05, 3.63) is 53.7 Å². The van der Waals surface area contributed by atoms with Crippen LogP contribution in [-0.4, -0.2) is 53.2 Å². The zero-order chi connectivity index (χ0) is 23.1. The fraction of sp³-hybridized carbons (Fsp3) is 0.261. The lowest BCUT2D eigenvalue weighted by Gasteiger charge is -2.14. The van der Waals surface area contributed by atoms with Gasteiger partial charge in [-0.1, -0.05) is 24.1 Å². The molecule has 5 rings (SSSR count). The molecule has 0 unspecified atom stereocenters. The number of rotatable bonds is 3. The molecule has 1 aromatic carbocycles. The van der Waals surface area contributed by atoms with Crippen molar-refractivity contribution in [1.29, 1.82) is 0 Å². The number of carbonyl (C=O) groups is 1. The van der Waals surface area contributed by atoms with Gasteiger partial charge in [0.1, 0.15) is 17.8 Å². The number of anilines is 1. The van der Waals surface area contributed by atoms with Gasteiger partial charge in [-0.15, -0.1) is 0 Å².